The average molecular weight is 252 g/mol. The summed E-state index contributed by atoms with van der Waals surface area (Å²) in [6.07, 6.45) is 2.22. The van der Waals surface area contributed by atoms with Crippen molar-refractivity contribution in [3.63, 3.8) is 0 Å². The molecule has 1 aromatic rings. The fourth-order valence-corrected chi connectivity index (χ4v) is 1.46. The lowest BCUT2D eigenvalue weighted by Crippen LogP contribution is -2.32. The highest BCUT2D eigenvalue weighted by atomic mass is 16.5. The molecule has 0 aliphatic carbocycles. The molecular weight excluding hydrogens is 236 g/mol. The molecule has 98 valence electrons. The number of H-pyrrole nitrogens is 1. The van der Waals surface area contributed by atoms with Gasteiger partial charge in [-0.25, -0.2) is 0 Å². The Morgan fingerprint density at radius 2 is 2.17 bits per heavy atom. The summed E-state index contributed by atoms with van der Waals surface area (Å²) in [5.74, 6) is -0.671. The predicted octanol–water partition coefficient (Wildman–Crippen LogP) is 0.400. The highest BCUT2D eigenvalue weighted by molar-refractivity contribution is 5.93. The van der Waals surface area contributed by atoms with Gasteiger partial charge in [0.1, 0.15) is 5.56 Å². The van der Waals surface area contributed by atoms with E-state index in [9.17, 15) is 14.4 Å². The number of aromatic amines is 1. The summed E-state index contributed by atoms with van der Waals surface area (Å²) in [5, 5.41) is 0. The molecular formula is C12H16N2O4. The number of hydrogen-bond acceptors (Lipinski definition) is 4. The minimum Gasteiger partial charge on any atom is -0.469 e. The molecule has 0 aliphatic rings. The summed E-state index contributed by atoms with van der Waals surface area (Å²) < 4.78 is 4.50. The van der Waals surface area contributed by atoms with Crippen LogP contribution in [0.3, 0.4) is 0 Å². The highest BCUT2D eigenvalue weighted by Crippen LogP contribution is 2.00. The molecule has 1 aromatic heterocycles. The molecule has 0 aliphatic heterocycles. The Kier molecular flexibility index (Phi) is 5.10. The fraction of sp³-hybridized carbons (Fsp3) is 0.417. The van der Waals surface area contributed by atoms with Crippen LogP contribution in [0.4, 0.5) is 0 Å². The number of aromatic nitrogens is 1. The average Bonchev–Trinajstić information content (AvgIpc) is 2.38. The third kappa shape index (κ3) is 3.73. The van der Waals surface area contributed by atoms with Crippen LogP contribution in [-0.4, -0.2) is 42.5 Å². The van der Waals surface area contributed by atoms with Crippen LogP contribution in [0.1, 0.15) is 23.2 Å². The molecule has 1 N–H and O–H groups in total. The highest BCUT2D eigenvalue weighted by Gasteiger charge is 2.14. The van der Waals surface area contributed by atoms with Crippen molar-refractivity contribution in [3.8, 4) is 0 Å². The van der Waals surface area contributed by atoms with Crippen LogP contribution in [0.25, 0.3) is 0 Å². The van der Waals surface area contributed by atoms with Gasteiger partial charge in [-0.1, -0.05) is 0 Å². The summed E-state index contributed by atoms with van der Waals surface area (Å²) >= 11 is 0. The van der Waals surface area contributed by atoms with Gasteiger partial charge < -0.3 is 14.6 Å². The zero-order valence-electron chi connectivity index (χ0n) is 10.4. The summed E-state index contributed by atoms with van der Waals surface area (Å²) in [5.41, 5.74) is -0.319. The second kappa shape index (κ2) is 6.58. The standard InChI is InChI=1S/C12H16N2O4/c1-14(8-4-6-10(15)18-2)12(17)9-5-3-7-13-11(9)16/h3,5,7H,4,6,8H2,1-2H3,(H,13,16). The van der Waals surface area contributed by atoms with E-state index in [1.54, 1.807) is 13.1 Å². The van der Waals surface area contributed by atoms with Gasteiger partial charge >= 0.3 is 5.97 Å². The summed E-state index contributed by atoms with van der Waals surface area (Å²) in [6, 6.07) is 3.06. The molecule has 1 amide bonds. The van der Waals surface area contributed by atoms with Crippen LogP contribution in [-0.2, 0) is 9.53 Å². The van der Waals surface area contributed by atoms with Gasteiger partial charge in [-0.05, 0) is 18.6 Å². The first-order valence-electron chi connectivity index (χ1n) is 5.56. The zero-order chi connectivity index (χ0) is 13.5. The van der Waals surface area contributed by atoms with E-state index in [4.69, 9.17) is 0 Å². The van der Waals surface area contributed by atoms with Crippen molar-refractivity contribution in [1.29, 1.82) is 0 Å². The van der Waals surface area contributed by atoms with Crippen molar-refractivity contribution in [2.75, 3.05) is 20.7 Å². The zero-order valence-corrected chi connectivity index (χ0v) is 10.4. The third-order valence-corrected chi connectivity index (χ3v) is 2.50. The lowest BCUT2D eigenvalue weighted by molar-refractivity contribution is -0.140. The molecule has 6 heteroatoms. The summed E-state index contributed by atoms with van der Waals surface area (Å²) in [4.78, 5) is 38.1. The fourth-order valence-electron chi connectivity index (χ4n) is 1.46. The van der Waals surface area contributed by atoms with Crippen LogP contribution < -0.4 is 5.56 Å². The number of rotatable bonds is 5. The monoisotopic (exact) mass is 252 g/mol. The van der Waals surface area contributed by atoms with Crippen molar-refractivity contribution in [2.45, 2.75) is 12.8 Å². The second-order valence-electron chi connectivity index (χ2n) is 3.82. The number of nitrogens with one attached hydrogen (secondary N) is 1. The lowest BCUT2D eigenvalue weighted by atomic mass is 10.2. The van der Waals surface area contributed by atoms with Crippen molar-refractivity contribution in [3.05, 3.63) is 34.2 Å². The minimum absolute atomic E-state index is 0.0954. The first kappa shape index (κ1) is 14.0. The minimum atomic E-state index is -0.415. The van der Waals surface area contributed by atoms with Crippen LogP contribution >= 0.6 is 0 Å². The molecule has 1 rings (SSSR count). The van der Waals surface area contributed by atoms with Crippen LogP contribution in [0.5, 0.6) is 0 Å². The number of esters is 1. The maximum Gasteiger partial charge on any atom is 0.305 e. The topological polar surface area (TPSA) is 79.5 Å². The molecule has 0 saturated carbocycles. The van der Waals surface area contributed by atoms with E-state index in [-0.39, 0.29) is 23.9 Å². The Balaban J connectivity index is 2.55. The molecule has 1 heterocycles. The molecule has 0 unspecified atom stereocenters. The van der Waals surface area contributed by atoms with Crippen LogP contribution in [0, 0.1) is 0 Å². The van der Waals surface area contributed by atoms with Gasteiger partial charge in [-0.15, -0.1) is 0 Å². The van der Waals surface area contributed by atoms with Crippen molar-refractivity contribution in [1.82, 2.24) is 9.88 Å². The van der Waals surface area contributed by atoms with Gasteiger partial charge in [0.25, 0.3) is 11.5 Å². The Morgan fingerprint density at radius 1 is 1.44 bits per heavy atom. The van der Waals surface area contributed by atoms with Gasteiger partial charge in [0.2, 0.25) is 0 Å². The molecule has 0 atom stereocenters. The molecule has 0 fully saturated rings. The van der Waals surface area contributed by atoms with E-state index in [0.29, 0.717) is 13.0 Å². The summed E-state index contributed by atoms with van der Waals surface area (Å²) in [6.45, 7) is 0.391. The van der Waals surface area contributed by atoms with E-state index >= 15 is 0 Å². The Bertz CT molecular complexity index is 481. The van der Waals surface area contributed by atoms with Crippen LogP contribution in [0.2, 0.25) is 0 Å². The van der Waals surface area contributed by atoms with Gasteiger partial charge in [-0.3, -0.25) is 14.4 Å². The summed E-state index contributed by atoms with van der Waals surface area (Å²) in [7, 11) is 2.91. The maximum absolute atomic E-state index is 11.9. The van der Waals surface area contributed by atoms with Gasteiger partial charge in [-0.2, -0.15) is 0 Å². The quantitative estimate of drug-likeness (QED) is 0.769. The molecule has 18 heavy (non-hydrogen) atoms. The molecule has 0 bridgehead atoms. The number of pyridine rings is 1. The first-order valence-corrected chi connectivity index (χ1v) is 5.56. The third-order valence-electron chi connectivity index (χ3n) is 2.50. The second-order valence-corrected chi connectivity index (χ2v) is 3.82. The Labute approximate surface area is 105 Å². The van der Waals surface area contributed by atoms with Gasteiger partial charge in [0.15, 0.2) is 0 Å². The van der Waals surface area contributed by atoms with E-state index in [1.807, 2.05) is 0 Å². The number of ether oxygens (including phenoxy) is 1. The number of amides is 1. The molecule has 6 nitrogen and oxygen atoms in total. The number of nitrogens with zero attached hydrogens (tertiary/aromatic N) is 1. The van der Waals surface area contributed by atoms with Crippen molar-refractivity contribution >= 4 is 11.9 Å². The number of carbonyl (C=O) groups is 2. The predicted molar refractivity (Wildman–Crippen MR) is 65.3 cm³/mol. The smallest absolute Gasteiger partial charge is 0.305 e. The molecule has 0 saturated heterocycles. The van der Waals surface area contributed by atoms with Crippen molar-refractivity contribution < 1.29 is 14.3 Å². The van der Waals surface area contributed by atoms with Crippen LogP contribution in [0.15, 0.2) is 23.1 Å². The number of methoxy groups -OCH3 is 1. The van der Waals surface area contributed by atoms with Crippen molar-refractivity contribution in [2.24, 2.45) is 0 Å². The van der Waals surface area contributed by atoms with E-state index in [0.717, 1.165) is 0 Å². The molecule has 0 aromatic carbocycles. The maximum atomic E-state index is 11.9. The number of hydrogen-bond donors (Lipinski definition) is 1. The Hall–Kier alpha value is -2.11. The largest absolute Gasteiger partial charge is 0.469 e. The SMILES string of the molecule is COC(=O)CCCN(C)C(=O)c1ccc[nH]c1=O. The van der Waals surface area contributed by atoms with E-state index in [2.05, 4.69) is 9.72 Å². The van der Waals surface area contributed by atoms with Gasteiger partial charge in [0, 0.05) is 26.2 Å². The molecule has 0 radical (unpaired) electrons. The lowest BCUT2D eigenvalue weighted by Gasteiger charge is -2.16. The first-order chi connectivity index (χ1) is 8.56. The van der Waals surface area contributed by atoms with E-state index < -0.39 is 5.56 Å². The normalized spacial score (nSPS) is 9.89. The molecule has 0 spiro atoms. The Morgan fingerprint density at radius 3 is 2.78 bits per heavy atom. The number of carbonyl (C=O) groups excluding carboxylic acids is 2. The van der Waals surface area contributed by atoms with E-state index in [1.165, 1.54) is 24.3 Å². The van der Waals surface area contributed by atoms with Gasteiger partial charge in [0.05, 0.1) is 7.11 Å².